The maximum atomic E-state index is 16.6. The highest BCUT2D eigenvalue weighted by Gasteiger charge is 2.49. The molecule has 0 saturated carbocycles. The highest BCUT2D eigenvalue weighted by atomic mass is 19.1. The van der Waals surface area contributed by atoms with Gasteiger partial charge in [-0.2, -0.15) is 15.2 Å². The summed E-state index contributed by atoms with van der Waals surface area (Å²) in [5.41, 5.74) is 0.589. The highest BCUT2D eigenvalue weighted by molar-refractivity contribution is 6.01. The smallest absolute Gasteiger partial charge is 0.319 e. The van der Waals surface area contributed by atoms with Crippen molar-refractivity contribution in [2.24, 2.45) is 0 Å². The molecule has 0 unspecified atom stereocenters. The van der Waals surface area contributed by atoms with Crippen LogP contribution in [-0.2, 0) is 0 Å². The average molecular weight is 571 g/mol. The molecular weight excluding hydrogens is 538 g/mol. The van der Waals surface area contributed by atoms with Gasteiger partial charge in [0.25, 0.3) is 0 Å². The normalized spacial score (nSPS) is 24.3. The van der Waals surface area contributed by atoms with E-state index in [9.17, 15) is 14.8 Å². The Hall–Kier alpha value is -4.07. The zero-order chi connectivity index (χ0) is 28.8. The molecule has 42 heavy (non-hydrogen) atoms. The third-order valence-electron chi connectivity index (χ3n) is 9.03. The molecule has 4 heterocycles. The number of fused-ring (bicyclic) bond motifs is 3. The summed E-state index contributed by atoms with van der Waals surface area (Å²) in [5, 5.41) is 25.2. The van der Waals surface area contributed by atoms with Crippen LogP contribution in [0, 0.1) is 17.1 Å². The number of ether oxygens (including phenoxy) is 1. The molecule has 4 aromatic rings. The first kappa shape index (κ1) is 26.8. The number of piperazine rings is 1. The predicted octanol–water partition coefficient (Wildman–Crippen LogP) is 4.94. The molecule has 1 aromatic heterocycles. The first-order valence-corrected chi connectivity index (χ1v) is 14.5. The van der Waals surface area contributed by atoms with Gasteiger partial charge in [-0.25, -0.2) is 8.78 Å². The third-order valence-corrected chi connectivity index (χ3v) is 9.03. The van der Waals surface area contributed by atoms with Gasteiger partial charge < -0.3 is 20.1 Å². The Balaban J connectivity index is 1.34. The number of phenols is 1. The lowest BCUT2D eigenvalue weighted by Gasteiger charge is -2.34. The van der Waals surface area contributed by atoms with Crippen molar-refractivity contribution in [2.45, 2.75) is 43.4 Å². The van der Waals surface area contributed by atoms with Crippen LogP contribution >= 0.6 is 0 Å². The number of nitrogens with one attached hydrogen (secondary N) is 1. The molecule has 216 valence electrons. The summed E-state index contributed by atoms with van der Waals surface area (Å²) in [5.74, 6) is 0.0510. The Morgan fingerprint density at radius 2 is 1.98 bits per heavy atom. The molecule has 3 aromatic carbocycles. The first-order chi connectivity index (χ1) is 20.4. The molecule has 8 nitrogen and oxygen atoms in total. The molecule has 0 amide bonds. The van der Waals surface area contributed by atoms with Crippen molar-refractivity contribution in [3.8, 4) is 29.0 Å². The molecule has 3 aliphatic rings. The topological polar surface area (TPSA) is 97.5 Å². The van der Waals surface area contributed by atoms with Gasteiger partial charge in [-0.1, -0.05) is 30.3 Å². The Labute approximate surface area is 242 Å². The van der Waals surface area contributed by atoms with E-state index in [4.69, 9.17) is 9.72 Å². The average Bonchev–Trinajstić information content (AvgIpc) is 3.52. The lowest BCUT2D eigenvalue weighted by atomic mass is 9.95. The molecule has 3 saturated heterocycles. The van der Waals surface area contributed by atoms with Gasteiger partial charge in [0.1, 0.15) is 29.9 Å². The number of alkyl halides is 1. The molecule has 3 atom stereocenters. The van der Waals surface area contributed by atoms with E-state index in [1.807, 2.05) is 35.2 Å². The Kier molecular flexibility index (Phi) is 6.79. The lowest BCUT2D eigenvalue weighted by molar-refractivity contribution is 0.107. The quantitative estimate of drug-likeness (QED) is 0.337. The summed E-state index contributed by atoms with van der Waals surface area (Å²) < 4.78 is 37.2. The first-order valence-electron chi connectivity index (χ1n) is 14.5. The van der Waals surface area contributed by atoms with E-state index in [-0.39, 0.29) is 29.9 Å². The highest BCUT2D eigenvalue weighted by Crippen LogP contribution is 2.41. The standard InChI is InChI=1S/C32H32F2N6O2/c33-21-16-32(9-3-12-40(32)17-21)19-42-31-37-29-26(30(38-31)39-13-11-36-22(18-39)8-10-35)7-6-25(28(29)34)27-15-23(41)14-20-4-1-2-5-24(20)27/h1-2,4-7,14-15,21-22,36,41H,3,8-9,11-13,16-19H2/t21-,22+,32+/m1/s1. The molecule has 0 spiro atoms. The minimum atomic E-state index is -0.892. The number of halogens is 2. The van der Waals surface area contributed by atoms with E-state index in [0.717, 1.165) is 30.2 Å². The summed E-state index contributed by atoms with van der Waals surface area (Å²) in [4.78, 5) is 13.6. The molecule has 0 aliphatic carbocycles. The van der Waals surface area contributed by atoms with Crippen molar-refractivity contribution in [3.63, 3.8) is 0 Å². The van der Waals surface area contributed by atoms with E-state index in [1.54, 1.807) is 18.2 Å². The molecule has 0 radical (unpaired) electrons. The second-order valence-electron chi connectivity index (χ2n) is 11.7. The maximum absolute atomic E-state index is 16.6. The number of hydrogen-bond acceptors (Lipinski definition) is 8. The molecule has 2 N–H and O–H groups in total. The summed E-state index contributed by atoms with van der Waals surface area (Å²) in [6.07, 6.45) is 1.68. The van der Waals surface area contributed by atoms with Crippen LogP contribution in [0.1, 0.15) is 25.7 Å². The number of rotatable bonds is 6. The van der Waals surface area contributed by atoms with Crippen LogP contribution in [0.15, 0.2) is 48.5 Å². The van der Waals surface area contributed by atoms with E-state index in [0.29, 0.717) is 61.4 Å². The van der Waals surface area contributed by atoms with Crippen molar-refractivity contribution in [3.05, 3.63) is 54.3 Å². The minimum Gasteiger partial charge on any atom is -0.508 e. The van der Waals surface area contributed by atoms with Crippen molar-refractivity contribution in [1.82, 2.24) is 20.2 Å². The molecular formula is C32H32F2N6O2. The third kappa shape index (κ3) is 4.67. The van der Waals surface area contributed by atoms with Gasteiger partial charge in [0.05, 0.1) is 18.0 Å². The van der Waals surface area contributed by atoms with Crippen LogP contribution in [0.3, 0.4) is 0 Å². The van der Waals surface area contributed by atoms with Crippen LogP contribution in [0.5, 0.6) is 11.8 Å². The number of phenolic OH excluding ortho intramolecular Hbond substituents is 1. The van der Waals surface area contributed by atoms with Crippen molar-refractivity contribution < 1.29 is 18.6 Å². The Morgan fingerprint density at radius 3 is 2.86 bits per heavy atom. The van der Waals surface area contributed by atoms with Gasteiger partial charge in [-0.15, -0.1) is 0 Å². The van der Waals surface area contributed by atoms with Crippen molar-refractivity contribution in [2.75, 3.05) is 44.2 Å². The van der Waals surface area contributed by atoms with Gasteiger partial charge in [0, 0.05) is 49.6 Å². The van der Waals surface area contributed by atoms with E-state index >= 15 is 4.39 Å². The SMILES string of the molecule is N#CC[C@H]1CN(c2nc(OC[C@@]34CCCN3C[C@H](F)C4)nc3c(F)c(-c4cc(O)cc5ccccc45)ccc23)CCN1. The number of nitrogens with zero attached hydrogens (tertiary/aromatic N) is 5. The van der Waals surface area contributed by atoms with E-state index in [2.05, 4.69) is 21.3 Å². The summed E-state index contributed by atoms with van der Waals surface area (Å²) in [7, 11) is 0. The number of aromatic hydroxyl groups is 1. The molecule has 10 heteroatoms. The second kappa shape index (κ2) is 10.6. The minimum absolute atomic E-state index is 0.0445. The van der Waals surface area contributed by atoms with Crippen molar-refractivity contribution >= 4 is 27.5 Å². The molecule has 0 bridgehead atoms. The zero-order valence-corrected chi connectivity index (χ0v) is 23.2. The zero-order valence-electron chi connectivity index (χ0n) is 23.2. The number of anilines is 1. The van der Waals surface area contributed by atoms with E-state index in [1.165, 1.54) is 0 Å². The maximum Gasteiger partial charge on any atom is 0.319 e. The Bertz CT molecular complexity index is 1710. The van der Waals surface area contributed by atoms with Crippen molar-refractivity contribution in [1.29, 1.82) is 5.26 Å². The molecule has 3 fully saturated rings. The van der Waals surface area contributed by atoms with Crippen LogP contribution < -0.4 is 15.0 Å². The number of aromatic nitrogens is 2. The van der Waals surface area contributed by atoms with E-state index < -0.39 is 17.5 Å². The lowest BCUT2D eigenvalue weighted by Crippen LogP contribution is -2.51. The van der Waals surface area contributed by atoms with Gasteiger partial charge in [0.15, 0.2) is 5.82 Å². The van der Waals surface area contributed by atoms with Gasteiger partial charge in [-0.3, -0.25) is 4.90 Å². The fraction of sp³-hybridized carbons (Fsp3) is 0.406. The van der Waals surface area contributed by atoms with Gasteiger partial charge >= 0.3 is 6.01 Å². The summed E-state index contributed by atoms with van der Waals surface area (Å²) >= 11 is 0. The predicted molar refractivity (Wildman–Crippen MR) is 157 cm³/mol. The van der Waals surface area contributed by atoms with Gasteiger partial charge in [0.2, 0.25) is 0 Å². The van der Waals surface area contributed by atoms with Crippen LogP contribution in [0.25, 0.3) is 32.8 Å². The summed E-state index contributed by atoms with van der Waals surface area (Å²) in [6.45, 7) is 3.28. The van der Waals surface area contributed by atoms with Crippen LogP contribution in [0.4, 0.5) is 14.6 Å². The molecule has 3 aliphatic heterocycles. The number of hydrogen-bond donors (Lipinski definition) is 2. The monoisotopic (exact) mass is 570 g/mol. The largest absolute Gasteiger partial charge is 0.508 e. The number of benzene rings is 3. The summed E-state index contributed by atoms with van der Waals surface area (Å²) in [6, 6.07) is 16.5. The second-order valence-corrected chi connectivity index (χ2v) is 11.7. The fourth-order valence-electron chi connectivity index (χ4n) is 7.07. The number of nitriles is 1. The van der Waals surface area contributed by atoms with Crippen LogP contribution in [-0.4, -0.2) is 77.1 Å². The fourth-order valence-corrected chi connectivity index (χ4v) is 7.07. The molecule has 7 rings (SSSR count). The van der Waals surface area contributed by atoms with Gasteiger partial charge in [-0.05, 0) is 53.9 Å². The Morgan fingerprint density at radius 1 is 1.10 bits per heavy atom. The van der Waals surface area contributed by atoms with Crippen LogP contribution in [0.2, 0.25) is 0 Å².